The molecule has 2 aromatic carbocycles. The SMILES string of the molecule is O=C(Cc1ccc(F)cc1)N1CCc2nc(-c3ccccc3)nc(N3CCOCC3)c2C1. The van der Waals surface area contributed by atoms with Crippen molar-refractivity contribution in [2.24, 2.45) is 0 Å². The maximum atomic E-state index is 13.2. The van der Waals surface area contributed by atoms with Crippen molar-refractivity contribution < 1.29 is 13.9 Å². The summed E-state index contributed by atoms with van der Waals surface area (Å²) in [5, 5.41) is 0. The molecule has 1 saturated heterocycles. The summed E-state index contributed by atoms with van der Waals surface area (Å²) in [4.78, 5) is 26.9. The number of hydrogen-bond acceptors (Lipinski definition) is 5. The van der Waals surface area contributed by atoms with Crippen LogP contribution in [0.2, 0.25) is 0 Å². The highest BCUT2D eigenvalue weighted by atomic mass is 19.1. The van der Waals surface area contributed by atoms with Crippen molar-refractivity contribution in [3.63, 3.8) is 0 Å². The molecule has 0 atom stereocenters. The largest absolute Gasteiger partial charge is 0.378 e. The molecule has 0 spiro atoms. The molecule has 3 aromatic rings. The van der Waals surface area contributed by atoms with Gasteiger partial charge in [-0.05, 0) is 17.7 Å². The van der Waals surface area contributed by atoms with Gasteiger partial charge in [0.25, 0.3) is 0 Å². The van der Waals surface area contributed by atoms with E-state index in [1.54, 1.807) is 12.1 Å². The fraction of sp³-hybridized carbons (Fsp3) is 0.320. The molecule has 3 heterocycles. The summed E-state index contributed by atoms with van der Waals surface area (Å²) in [7, 11) is 0. The first-order chi connectivity index (χ1) is 15.7. The fourth-order valence-corrected chi connectivity index (χ4v) is 4.25. The van der Waals surface area contributed by atoms with Gasteiger partial charge in [-0.15, -0.1) is 0 Å². The molecule has 1 aromatic heterocycles. The third-order valence-electron chi connectivity index (χ3n) is 6.00. The van der Waals surface area contributed by atoms with Gasteiger partial charge in [0.05, 0.1) is 31.9 Å². The minimum absolute atomic E-state index is 0.0299. The second-order valence-electron chi connectivity index (χ2n) is 8.13. The van der Waals surface area contributed by atoms with Gasteiger partial charge in [0.1, 0.15) is 11.6 Å². The van der Waals surface area contributed by atoms with Gasteiger partial charge in [0.15, 0.2) is 5.82 Å². The molecule has 0 saturated carbocycles. The van der Waals surface area contributed by atoms with Gasteiger partial charge in [-0.25, -0.2) is 14.4 Å². The van der Waals surface area contributed by atoms with Crippen LogP contribution in [0.15, 0.2) is 54.6 Å². The zero-order valence-electron chi connectivity index (χ0n) is 17.8. The summed E-state index contributed by atoms with van der Waals surface area (Å²) in [5.41, 5.74) is 3.82. The number of morpholine rings is 1. The van der Waals surface area contributed by atoms with Crippen molar-refractivity contribution in [3.05, 3.63) is 77.2 Å². The molecule has 164 valence electrons. The summed E-state index contributed by atoms with van der Waals surface area (Å²) in [5.74, 6) is 1.35. The normalized spacial score (nSPS) is 16.0. The zero-order chi connectivity index (χ0) is 21.9. The molecule has 5 rings (SSSR count). The second kappa shape index (κ2) is 9.04. The van der Waals surface area contributed by atoms with Gasteiger partial charge in [-0.1, -0.05) is 42.5 Å². The highest BCUT2D eigenvalue weighted by Gasteiger charge is 2.28. The Morgan fingerprint density at radius 2 is 1.72 bits per heavy atom. The average Bonchev–Trinajstić information content (AvgIpc) is 2.85. The molecule has 2 aliphatic heterocycles. The van der Waals surface area contributed by atoms with Crippen LogP contribution >= 0.6 is 0 Å². The molecular weight excluding hydrogens is 407 g/mol. The molecule has 2 aliphatic rings. The van der Waals surface area contributed by atoms with Crippen LogP contribution in [-0.2, 0) is 28.9 Å². The molecule has 1 amide bonds. The lowest BCUT2D eigenvalue weighted by molar-refractivity contribution is -0.131. The van der Waals surface area contributed by atoms with Crippen molar-refractivity contribution in [1.82, 2.24) is 14.9 Å². The third-order valence-corrected chi connectivity index (χ3v) is 6.00. The Morgan fingerprint density at radius 3 is 2.47 bits per heavy atom. The van der Waals surface area contributed by atoms with E-state index in [1.165, 1.54) is 12.1 Å². The number of nitrogens with zero attached hydrogens (tertiary/aromatic N) is 4. The zero-order valence-corrected chi connectivity index (χ0v) is 17.8. The number of aromatic nitrogens is 2. The van der Waals surface area contributed by atoms with Crippen molar-refractivity contribution in [3.8, 4) is 11.4 Å². The Bertz CT molecular complexity index is 1100. The van der Waals surface area contributed by atoms with Crippen LogP contribution in [0.1, 0.15) is 16.8 Å². The number of fused-ring (bicyclic) bond motifs is 1. The lowest BCUT2D eigenvalue weighted by atomic mass is 10.0. The Kier molecular flexibility index (Phi) is 5.81. The van der Waals surface area contributed by atoms with Gasteiger partial charge in [-0.2, -0.15) is 0 Å². The van der Waals surface area contributed by atoms with E-state index >= 15 is 0 Å². The van der Waals surface area contributed by atoms with Crippen LogP contribution in [0, 0.1) is 5.82 Å². The maximum absolute atomic E-state index is 13.2. The second-order valence-corrected chi connectivity index (χ2v) is 8.13. The molecule has 1 fully saturated rings. The molecule has 0 N–H and O–H groups in total. The minimum atomic E-state index is -0.297. The van der Waals surface area contributed by atoms with E-state index in [2.05, 4.69) is 4.90 Å². The van der Waals surface area contributed by atoms with Crippen molar-refractivity contribution in [2.45, 2.75) is 19.4 Å². The highest BCUT2D eigenvalue weighted by Crippen LogP contribution is 2.30. The Labute approximate surface area is 186 Å². The van der Waals surface area contributed by atoms with Gasteiger partial charge in [-0.3, -0.25) is 4.79 Å². The van der Waals surface area contributed by atoms with E-state index in [4.69, 9.17) is 14.7 Å². The number of benzene rings is 2. The number of carbonyl (C=O) groups is 1. The van der Waals surface area contributed by atoms with E-state index in [0.29, 0.717) is 32.7 Å². The lowest BCUT2D eigenvalue weighted by Gasteiger charge is -2.34. The number of ether oxygens (including phenoxy) is 1. The van der Waals surface area contributed by atoms with Crippen molar-refractivity contribution >= 4 is 11.7 Å². The molecule has 0 unspecified atom stereocenters. The number of halogens is 1. The molecule has 32 heavy (non-hydrogen) atoms. The number of amides is 1. The van der Waals surface area contributed by atoms with Crippen LogP contribution in [0.3, 0.4) is 0 Å². The van der Waals surface area contributed by atoms with E-state index in [0.717, 1.165) is 47.1 Å². The fourth-order valence-electron chi connectivity index (χ4n) is 4.25. The number of carbonyl (C=O) groups excluding carboxylic acids is 1. The Morgan fingerprint density at radius 1 is 0.969 bits per heavy atom. The van der Waals surface area contributed by atoms with Gasteiger partial charge < -0.3 is 14.5 Å². The first-order valence-electron chi connectivity index (χ1n) is 11.0. The van der Waals surface area contributed by atoms with E-state index in [9.17, 15) is 9.18 Å². The number of rotatable bonds is 4. The minimum Gasteiger partial charge on any atom is -0.378 e. The summed E-state index contributed by atoms with van der Waals surface area (Å²) in [6, 6.07) is 16.1. The smallest absolute Gasteiger partial charge is 0.227 e. The third kappa shape index (κ3) is 4.34. The quantitative estimate of drug-likeness (QED) is 0.634. The van der Waals surface area contributed by atoms with Crippen LogP contribution in [0.25, 0.3) is 11.4 Å². The Hall–Kier alpha value is -3.32. The molecule has 6 nitrogen and oxygen atoms in total. The standard InChI is InChI=1S/C25H25FN4O2/c26-20-8-6-18(7-9-20)16-23(31)30-11-10-22-21(17-30)25(29-12-14-32-15-13-29)28-24(27-22)19-4-2-1-3-5-19/h1-9H,10-17H2. The first kappa shape index (κ1) is 20.6. The maximum Gasteiger partial charge on any atom is 0.227 e. The van der Waals surface area contributed by atoms with E-state index < -0.39 is 0 Å². The topological polar surface area (TPSA) is 58.6 Å². The van der Waals surface area contributed by atoms with Gasteiger partial charge >= 0.3 is 0 Å². The summed E-state index contributed by atoms with van der Waals surface area (Å²) < 4.78 is 18.7. The van der Waals surface area contributed by atoms with Crippen molar-refractivity contribution in [2.75, 3.05) is 37.7 Å². The van der Waals surface area contributed by atoms with Crippen LogP contribution in [-0.4, -0.2) is 53.6 Å². The lowest BCUT2D eigenvalue weighted by Crippen LogP contribution is -2.41. The predicted octanol–water partition coefficient (Wildman–Crippen LogP) is 3.25. The van der Waals surface area contributed by atoms with E-state index in [-0.39, 0.29) is 18.1 Å². The van der Waals surface area contributed by atoms with Crippen molar-refractivity contribution in [1.29, 1.82) is 0 Å². The average molecular weight is 432 g/mol. The Balaban J connectivity index is 1.44. The van der Waals surface area contributed by atoms with Gasteiger partial charge in [0.2, 0.25) is 5.91 Å². The number of anilines is 1. The molecule has 0 aliphatic carbocycles. The van der Waals surface area contributed by atoms with E-state index in [1.807, 2.05) is 35.2 Å². The summed E-state index contributed by atoms with van der Waals surface area (Å²) >= 11 is 0. The van der Waals surface area contributed by atoms with Crippen LogP contribution in [0.4, 0.5) is 10.2 Å². The number of hydrogen-bond donors (Lipinski definition) is 0. The highest BCUT2D eigenvalue weighted by molar-refractivity contribution is 5.79. The monoisotopic (exact) mass is 432 g/mol. The van der Waals surface area contributed by atoms with Crippen LogP contribution < -0.4 is 4.90 Å². The predicted molar refractivity (Wildman–Crippen MR) is 120 cm³/mol. The molecular formula is C25H25FN4O2. The molecule has 0 bridgehead atoms. The summed E-state index contributed by atoms with van der Waals surface area (Å²) in [6.45, 7) is 3.94. The molecule has 7 heteroatoms. The molecule has 0 radical (unpaired) electrons. The van der Waals surface area contributed by atoms with Gasteiger partial charge in [0, 0.05) is 37.2 Å². The summed E-state index contributed by atoms with van der Waals surface area (Å²) in [6.07, 6.45) is 0.940. The van der Waals surface area contributed by atoms with Crippen LogP contribution in [0.5, 0.6) is 0 Å². The first-order valence-corrected chi connectivity index (χ1v) is 11.0.